The molecule has 0 aromatic heterocycles. The van der Waals surface area contributed by atoms with E-state index in [4.69, 9.17) is 0 Å². The number of hydrogen-bond donors (Lipinski definition) is 1. The third-order valence-corrected chi connectivity index (χ3v) is 4.67. The summed E-state index contributed by atoms with van der Waals surface area (Å²) in [5, 5.41) is 10.2. The van der Waals surface area contributed by atoms with Crippen molar-refractivity contribution >= 4 is 0 Å². The smallest absolute Gasteiger partial charge is 0.0583 e. The molecule has 0 spiro atoms. The Hall–Kier alpha value is -0.860. The van der Waals surface area contributed by atoms with Crippen LogP contribution < -0.4 is 0 Å². The van der Waals surface area contributed by atoms with Crippen molar-refractivity contribution in [2.24, 2.45) is 5.92 Å². The molecule has 1 aromatic carbocycles. The maximum Gasteiger partial charge on any atom is 0.0583 e. The summed E-state index contributed by atoms with van der Waals surface area (Å²) in [5.41, 5.74) is 1.40. The number of rotatable bonds is 2. The third kappa shape index (κ3) is 2.45. The van der Waals surface area contributed by atoms with Gasteiger partial charge >= 0.3 is 0 Å². The lowest BCUT2D eigenvalue weighted by Crippen LogP contribution is -2.50. The van der Waals surface area contributed by atoms with Crippen LogP contribution in [0.2, 0.25) is 0 Å². The van der Waals surface area contributed by atoms with Crippen LogP contribution in [0.15, 0.2) is 30.3 Å². The van der Waals surface area contributed by atoms with Crippen molar-refractivity contribution < 1.29 is 5.11 Å². The minimum Gasteiger partial charge on any atom is -0.393 e. The van der Waals surface area contributed by atoms with E-state index in [1.54, 1.807) is 0 Å². The minimum atomic E-state index is -0.0534. The molecule has 1 N–H and O–H groups in total. The standard InChI is InChI=1S/C16H23NO/c18-16-10-4-9-15-14(16)8-5-11-17(15)12-13-6-2-1-3-7-13/h1-3,6-7,14-16,18H,4-5,8-12H2/t14-,15-,16+/m0/s1. The van der Waals surface area contributed by atoms with E-state index in [2.05, 4.69) is 35.2 Å². The van der Waals surface area contributed by atoms with Crippen LogP contribution >= 0.6 is 0 Å². The van der Waals surface area contributed by atoms with Gasteiger partial charge in [-0.15, -0.1) is 0 Å². The molecule has 3 rings (SSSR count). The van der Waals surface area contributed by atoms with Crippen LogP contribution in [-0.4, -0.2) is 28.7 Å². The second kappa shape index (κ2) is 5.41. The Morgan fingerprint density at radius 3 is 2.72 bits per heavy atom. The molecule has 1 saturated carbocycles. The summed E-state index contributed by atoms with van der Waals surface area (Å²) in [7, 11) is 0. The molecular weight excluding hydrogens is 222 g/mol. The van der Waals surface area contributed by atoms with Gasteiger partial charge in [0.1, 0.15) is 0 Å². The summed E-state index contributed by atoms with van der Waals surface area (Å²) in [5.74, 6) is 0.524. The Labute approximate surface area is 110 Å². The number of nitrogens with zero attached hydrogens (tertiary/aromatic N) is 1. The highest BCUT2D eigenvalue weighted by molar-refractivity contribution is 5.15. The van der Waals surface area contributed by atoms with E-state index in [9.17, 15) is 5.11 Å². The van der Waals surface area contributed by atoms with Gasteiger partial charge in [0.05, 0.1) is 6.10 Å². The van der Waals surface area contributed by atoms with Crippen molar-refractivity contribution in [2.75, 3.05) is 6.54 Å². The van der Waals surface area contributed by atoms with Crippen molar-refractivity contribution in [2.45, 2.75) is 50.8 Å². The van der Waals surface area contributed by atoms with E-state index >= 15 is 0 Å². The first kappa shape index (κ1) is 12.2. The summed E-state index contributed by atoms with van der Waals surface area (Å²) in [6, 6.07) is 11.3. The fraction of sp³-hybridized carbons (Fsp3) is 0.625. The molecule has 2 heteroatoms. The molecule has 2 aliphatic rings. The lowest BCUT2D eigenvalue weighted by Gasteiger charge is -2.46. The zero-order chi connectivity index (χ0) is 12.4. The molecule has 0 radical (unpaired) electrons. The van der Waals surface area contributed by atoms with Gasteiger partial charge in [-0.2, -0.15) is 0 Å². The van der Waals surface area contributed by atoms with E-state index in [1.165, 1.54) is 37.8 Å². The lowest BCUT2D eigenvalue weighted by molar-refractivity contribution is -0.0301. The second-order valence-corrected chi connectivity index (χ2v) is 5.83. The first-order valence-electron chi connectivity index (χ1n) is 7.30. The molecular formula is C16H23NO. The molecule has 3 atom stereocenters. The van der Waals surface area contributed by atoms with Crippen molar-refractivity contribution in [1.82, 2.24) is 4.90 Å². The highest BCUT2D eigenvalue weighted by atomic mass is 16.3. The molecule has 2 nitrogen and oxygen atoms in total. The normalized spacial score (nSPS) is 33.1. The number of aliphatic hydroxyl groups is 1. The van der Waals surface area contributed by atoms with Gasteiger partial charge in [0.25, 0.3) is 0 Å². The Kier molecular flexibility index (Phi) is 3.67. The number of piperidine rings is 1. The van der Waals surface area contributed by atoms with Crippen molar-refractivity contribution in [1.29, 1.82) is 0 Å². The van der Waals surface area contributed by atoms with Crippen molar-refractivity contribution in [3.63, 3.8) is 0 Å². The predicted molar refractivity (Wildman–Crippen MR) is 73.2 cm³/mol. The SMILES string of the molecule is O[C@@H]1CCC[C@H]2[C@@H]1CCCN2Cc1ccccc1. The van der Waals surface area contributed by atoms with Gasteiger partial charge in [0, 0.05) is 18.5 Å². The predicted octanol–water partition coefficient (Wildman–Crippen LogP) is 2.81. The molecule has 18 heavy (non-hydrogen) atoms. The van der Waals surface area contributed by atoms with Gasteiger partial charge in [0.15, 0.2) is 0 Å². The Morgan fingerprint density at radius 1 is 1.06 bits per heavy atom. The van der Waals surface area contributed by atoms with Gasteiger partial charge in [-0.05, 0) is 44.2 Å². The first-order valence-corrected chi connectivity index (χ1v) is 7.30. The van der Waals surface area contributed by atoms with Gasteiger partial charge in [-0.1, -0.05) is 30.3 Å². The molecule has 2 fully saturated rings. The van der Waals surface area contributed by atoms with E-state index in [0.29, 0.717) is 12.0 Å². The molecule has 0 unspecified atom stereocenters. The third-order valence-electron chi connectivity index (χ3n) is 4.67. The van der Waals surface area contributed by atoms with Crippen LogP contribution in [0.5, 0.6) is 0 Å². The Morgan fingerprint density at radius 2 is 1.89 bits per heavy atom. The van der Waals surface area contributed by atoms with Crippen LogP contribution in [0, 0.1) is 5.92 Å². The van der Waals surface area contributed by atoms with E-state index in [1.807, 2.05) is 0 Å². The van der Waals surface area contributed by atoms with Crippen molar-refractivity contribution in [3.8, 4) is 0 Å². The molecule has 98 valence electrons. The molecule has 1 aromatic rings. The average Bonchev–Trinajstić information content (AvgIpc) is 2.41. The Balaban J connectivity index is 1.71. The van der Waals surface area contributed by atoms with E-state index in [-0.39, 0.29) is 6.10 Å². The highest BCUT2D eigenvalue weighted by Gasteiger charge is 2.37. The summed E-state index contributed by atoms with van der Waals surface area (Å²) < 4.78 is 0. The maximum absolute atomic E-state index is 10.2. The van der Waals surface area contributed by atoms with Gasteiger partial charge in [-0.3, -0.25) is 4.90 Å². The average molecular weight is 245 g/mol. The van der Waals surface area contributed by atoms with Gasteiger partial charge in [-0.25, -0.2) is 0 Å². The van der Waals surface area contributed by atoms with Crippen LogP contribution in [0.3, 0.4) is 0 Å². The number of benzene rings is 1. The molecule has 1 aliphatic carbocycles. The monoisotopic (exact) mass is 245 g/mol. The van der Waals surface area contributed by atoms with Crippen LogP contribution in [0.1, 0.15) is 37.7 Å². The van der Waals surface area contributed by atoms with Crippen LogP contribution in [0.25, 0.3) is 0 Å². The minimum absolute atomic E-state index is 0.0534. The summed E-state index contributed by atoms with van der Waals surface area (Å²) >= 11 is 0. The summed E-state index contributed by atoms with van der Waals surface area (Å²) in [6.07, 6.45) is 5.88. The topological polar surface area (TPSA) is 23.5 Å². The zero-order valence-electron chi connectivity index (χ0n) is 11.0. The van der Waals surface area contributed by atoms with Crippen LogP contribution in [0.4, 0.5) is 0 Å². The molecule has 1 heterocycles. The highest BCUT2D eigenvalue weighted by Crippen LogP contribution is 2.36. The van der Waals surface area contributed by atoms with Gasteiger partial charge in [0.2, 0.25) is 0 Å². The lowest BCUT2D eigenvalue weighted by atomic mass is 9.76. The quantitative estimate of drug-likeness (QED) is 0.866. The summed E-state index contributed by atoms with van der Waals surface area (Å²) in [6.45, 7) is 2.25. The number of fused-ring (bicyclic) bond motifs is 1. The number of aliphatic hydroxyl groups excluding tert-OH is 1. The molecule has 1 saturated heterocycles. The largest absolute Gasteiger partial charge is 0.393 e. The van der Waals surface area contributed by atoms with Crippen molar-refractivity contribution in [3.05, 3.63) is 35.9 Å². The number of hydrogen-bond acceptors (Lipinski definition) is 2. The fourth-order valence-electron chi connectivity index (χ4n) is 3.77. The zero-order valence-corrected chi connectivity index (χ0v) is 11.0. The van der Waals surface area contributed by atoms with E-state index < -0.39 is 0 Å². The van der Waals surface area contributed by atoms with E-state index in [0.717, 1.165) is 13.0 Å². The summed E-state index contributed by atoms with van der Waals surface area (Å²) in [4.78, 5) is 2.60. The first-order chi connectivity index (χ1) is 8.84. The molecule has 0 bridgehead atoms. The maximum atomic E-state index is 10.2. The molecule has 1 aliphatic heterocycles. The van der Waals surface area contributed by atoms with Gasteiger partial charge < -0.3 is 5.11 Å². The number of likely N-dealkylation sites (tertiary alicyclic amines) is 1. The second-order valence-electron chi connectivity index (χ2n) is 5.83. The fourth-order valence-corrected chi connectivity index (χ4v) is 3.77. The van der Waals surface area contributed by atoms with Crippen LogP contribution in [-0.2, 0) is 6.54 Å². The molecule has 0 amide bonds. The Bertz CT molecular complexity index is 378.